The molecule has 9 heteroatoms. The smallest absolute Gasteiger partial charge is 0.225 e. The number of hydrogen-bond donors (Lipinski definition) is 2. The van der Waals surface area contributed by atoms with Crippen LogP contribution in [0.15, 0.2) is 35.6 Å². The maximum Gasteiger partial charge on any atom is 0.225 e. The molecule has 0 spiro atoms. The highest BCUT2D eigenvalue weighted by molar-refractivity contribution is 14.0. The minimum Gasteiger partial charge on any atom is -0.356 e. The van der Waals surface area contributed by atoms with Gasteiger partial charge in [0.2, 0.25) is 5.95 Å². The van der Waals surface area contributed by atoms with E-state index in [1.165, 1.54) is 9.75 Å². The highest BCUT2D eigenvalue weighted by Gasteiger charge is 2.18. The van der Waals surface area contributed by atoms with Crippen LogP contribution >= 0.6 is 35.3 Å². The molecule has 1 aliphatic rings. The fraction of sp³-hybridized carbons (Fsp3) is 0.550. The van der Waals surface area contributed by atoms with Crippen LogP contribution in [0.3, 0.4) is 0 Å². The van der Waals surface area contributed by atoms with E-state index in [2.05, 4.69) is 54.5 Å². The van der Waals surface area contributed by atoms with Gasteiger partial charge in [-0.05, 0) is 37.6 Å². The first-order valence-corrected chi connectivity index (χ1v) is 10.9. The highest BCUT2D eigenvalue weighted by atomic mass is 127. The molecule has 2 aromatic rings. The number of thiophene rings is 1. The van der Waals surface area contributed by atoms with Gasteiger partial charge < -0.3 is 15.5 Å². The van der Waals surface area contributed by atoms with Crippen molar-refractivity contribution < 1.29 is 0 Å². The summed E-state index contributed by atoms with van der Waals surface area (Å²) in [7, 11) is 1.83. The van der Waals surface area contributed by atoms with Crippen LogP contribution in [0.4, 0.5) is 5.95 Å². The molecule has 7 nitrogen and oxygen atoms in total. The number of hydrogen-bond acceptors (Lipinski definition) is 6. The quantitative estimate of drug-likeness (QED) is 0.237. The van der Waals surface area contributed by atoms with Gasteiger partial charge in [-0.2, -0.15) is 0 Å². The second-order valence-electron chi connectivity index (χ2n) is 6.81. The molecule has 0 saturated carbocycles. The Labute approximate surface area is 195 Å². The molecular formula is C20H32IN7S. The summed E-state index contributed by atoms with van der Waals surface area (Å²) < 4.78 is 0. The van der Waals surface area contributed by atoms with E-state index in [9.17, 15) is 0 Å². The van der Waals surface area contributed by atoms with Crippen LogP contribution in [0, 0.1) is 0 Å². The van der Waals surface area contributed by atoms with E-state index >= 15 is 0 Å². The summed E-state index contributed by atoms with van der Waals surface area (Å²) in [5.41, 5.74) is 0. The molecule has 0 aliphatic carbocycles. The topological polar surface area (TPSA) is 68.7 Å². The molecule has 0 unspecified atom stereocenters. The Kier molecular flexibility index (Phi) is 10.6. The molecule has 2 N–H and O–H groups in total. The monoisotopic (exact) mass is 529 g/mol. The Morgan fingerprint density at radius 2 is 1.83 bits per heavy atom. The Morgan fingerprint density at radius 1 is 1.10 bits per heavy atom. The van der Waals surface area contributed by atoms with Gasteiger partial charge in [0.15, 0.2) is 5.96 Å². The number of anilines is 1. The molecule has 1 aliphatic heterocycles. The number of nitrogens with zero attached hydrogens (tertiary/aromatic N) is 5. The van der Waals surface area contributed by atoms with Crippen LogP contribution in [-0.4, -0.2) is 67.1 Å². The van der Waals surface area contributed by atoms with Crippen molar-refractivity contribution in [1.82, 2.24) is 25.5 Å². The average molecular weight is 529 g/mol. The number of rotatable bonds is 8. The zero-order valence-electron chi connectivity index (χ0n) is 17.3. The number of guanidine groups is 1. The molecule has 0 atom stereocenters. The lowest BCUT2D eigenvalue weighted by Crippen LogP contribution is -2.47. The van der Waals surface area contributed by atoms with E-state index in [1.54, 1.807) is 0 Å². The van der Waals surface area contributed by atoms with Crippen molar-refractivity contribution in [3.8, 4) is 0 Å². The van der Waals surface area contributed by atoms with Crippen LogP contribution in [0.2, 0.25) is 0 Å². The van der Waals surface area contributed by atoms with Gasteiger partial charge in [0.05, 0.1) is 6.54 Å². The van der Waals surface area contributed by atoms with E-state index in [0.717, 1.165) is 70.6 Å². The van der Waals surface area contributed by atoms with Crippen LogP contribution in [0.5, 0.6) is 0 Å². The third-order valence-electron chi connectivity index (χ3n) is 4.87. The van der Waals surface area contributed by atoms with Gasteiger partial charge in [-0.1, -0.05) is 6.92 Å². The number of aliphatic imine (C=N–C) groups is 1. The van der Waals surface area contributed by atoms with Crippen molar-refractivity contribution in [2.75, 3.05) is 51.2 Å². The third-order valence-corrected chi connectivity index (χ3v) is 6.10. The summed E-state index contributed by atoms with van der Waals surface area (Å²) in [6.45, 7) is 9.13. The Balaban J connectivity index is 0.00000300. The standard InChI is InChI=1S/C20H31N7S.HI/c1-3-17-6-7-18(28-17)16-25-19(21-2)22-10-5-11-26-12-14-27(15-13-26)20-23-8-4-9-24-20;/h4,6-9H,3,5,10-16H2,1-2H3,(H2,21,22,25);1H. The van der Waals surface area contributed by atoms with E-state index in [0.29, 0.717) is 0 Å². The lowest BCUT2D eigenvalue weighted by molar-refractivity contribution is 0.254. The van der Waals surface area contributed by atoms with Gasteiger partial charge in [0.1, 0.15) is 0 Å². The van der Waals surface area contributed by atoms with Crippen LogP contribution in [0.1, 0.15) is 23.1 Å². The molecule has 3 rings (SSSR count). The largest absolute Gasteiger partial charge is 0.356 e. The first-order chi connectivity index (χ1) is 13.8. The fourth-order valence-corrected chi connectivity index (χ4v) is 4.13. The highest BCUT2D eigenvalue weighted by Crippen LogP contribution is 2.16. The van der Waals surface area contributed by atoms with Crippen molar-refractivity contribution in [3.05, 3.63) is 40.3 Å². The van der Waals surface area contributed by atoms with Crippen molar-refractivity contribution in [2.45, 2.75) is 26.3 Å². The van der Waals surface area contributed by atoms with E-state index < -0.39 is 0 Å². The number of halogens is 1. The minimum atomic E-state index is 0. The zero-order chi connectivity index (χ0) is 19.6. The van der Waals surface area contributed by atoms with E-state index in [4.69, 9.17) is 0 Å². The minimum absolute atomic E-state index is 0. The molecule has 0 aromatic carbocycles. The fourth-order valence-electron chi connectivity index (χ4n) is 3.23. The molecule has 0 radical (unpaired) electrons. The second-order valence-corrected chi connectivity index (χ2v) is 8.06. The molecule has 29 heavy (non-hydrogen) atoms. The van der Waals surface area contributed by atoms with Crippen molar-refractivity contribution in [3.63, 3.8) is 0 Å². The maximum atomic E-state index is 4.34. The van der Waals surface area contributed by atoms with Crippen molar-refractivity contribution in [1.29, 1.82) is 0 Å². The van der Waals surface area contributed by atoms with Crippen molar-refractivity contribution >= 4 is 47.2 Å². The summed E-state index contributed by atoms with van der Waals surface area (Å²) in [6.07, 6.45) is 5.82. The molecule has 160 valence electrons. The Bertz CT molecular complexity index is 729. The van der Waals surface area contributed by atoms with E-state index in [1.807, 2.05) is 36.8 Å². The van der Waals surface area contributed by atoms with Gasteiger partial charge in [0, 0.05) is 61.9 Å². The van der Waals surface area contributed by atoms with Crippen molar-refractivity contribution in [2.24, 2.45) is 4.99 Å². The Morgan fingerprint density at radius 3 is 2.48 bits per heavy atom. The van der Waals surface area contributed by atoms with Gasteiger partial charge in [0.25, 0.3) is 0 Å². The predicted octanol–water partition coefficient (Wildman–Crippen LogP) is 2.60. The molecule has 3 heterocycles. The van der Waals surface area contributed by atoms with Crippen LogP contribution < -0.4 is 15.5 Å². The summed E-state index contributed by atoms with van der Waals surface area (Å²) in [5, 5.41) is 6.82. The molecule has 1 saturated heterocycles. The SMILES string of the molecule is CCc1ccc(CNC(=NC)NCCCN2CCN(c3ncccn3)CC2)s1.I. The normalized spacial score (nSPS) is 15.1. The molecule has 1 fully saturated rings. The van der Waals surface area contributed by atoms with Gasteiger partial charge in [-0.3, -0.25) is 9.89 Å². The lowest BCUT2D eigenvalue weighted by Gasteiger charge is -2.34. The van der Waals surface area contributed by atoms with Gasteiger partial charge in [-0.25, -0.2) is 9.97 Å². The lowest BCUT2D eigenvalue weighted by atomic mass is 10.3. The molecule has 0 amide bonds. The first-order valence-electron chi connectivity index (χ1n) is 10.0. The summed E-state index contributed by atoms with van der Waals surface area (Å²) >= 11 is 1.87. The molecule has 0 bridgehead atoms. The number of nitrogens with one attached hydrogen (secondary N) is 2. The summed E-state index contributed by atoms with van der Waals surface area (Å²) in [4.78, 5) is 20.6. The van der Waals surface area contributed by atoms with Crippen LogP contribution in [0.25, 0.3) is 0 Å². The summed E-state index contributed by atoms with van der Waals surface area (Å²) in [5.74, 6) is 1.72. The maximum absolute atomic E-state index is 4.34. The van der Waals surface area contributed by atoms with Gasteiger partial charge in [-0.15, -0.1) is 35.3 Å². The molecular weight excluding hydrogens is 497 g/mol. The second kappa shape index (κ2) is 13.0. The molecule has 2 aromatic heterocycles. The Hall–Kier alpha value is -1.46. The summed E-state index contributed by atoms with van der Waals surface area (Å²) in [6, 6.07) is 6.27. The van der Waals surface area contributed by atoms with Crippen LogP contribution in [-0.2, 0) is 13.0 Å². The predicted molar refractivity (Wildman–Crippen MR) is 133 cm³/mol. The number of aryl methyl sites for hydroxylation is 1. The number of piperazine rings is 1. The number of aromatic nitrogens is 2. The zero-order valence-corrected chi connectivity index (χ0v) is 20.5. The third kappa shape index (κ3) is 7.71. The van der Waals surface area contributed by atoms with Gasteiger partial charge >= 0.3 is 0 Å². The average Bonchev–Trinajstić information content (AvgIpc) is 3.22. The van der Waals surface area contributed by atoms with E-state index in [-0.39, 0.29) is 24.0 Å². The first kappa shape index (κ1) is 23.8.